The molecule has 0 fully saturated rings. The Hall–Kier alpha value is -3.46. The monoisotopic (exact) mass is 453 g/mol. The van der Waals surface area contributed by atoms with Crippen LogP contribution >= 0.6 is 11.3 Å². The number of anilines is 1. The van der Waals surface area contributed by atoms with Crippen molar-refractivity contribution in [2.75, 3.05) is 11.4 Å². The summed E-state index contributed by atoms with van der Waals surface area (Å²) >= 11 is 1.32. The number of carbonyl (C=O) groups is 3. The second-order valence-electron chi connectivity index (χ2n) is 7.39. The van der Waals surface area contributed by atoms with Gasteiger partial charge in [0.15, 0.2) is 10.9 Å². The Bertz CT molecular complexity index is 1120. The number of fused-ring (bicyclic) bond motifs is 1. The number of aromatic nitrogens is 1. The highest BCUT2D eigenvalue weighted by molar-refractivity contribution is 7.14. The summed E-state index contributed by atoms with van der Waals surface area (Å²) in [6, 6.07) is 10.2. The average Bonchev–Trinajstić information content (AvgIpc) is 3.49. The number of amides is 2. The van der Waals surface area contributed by atoms with Crippen molar-refractivity contribution in [2.24, 2.45) is 0 Å². The fourth-order valence-electron chi connectivity index (χ4n) is 3.71. The number of ether oxygens (including phenoxy) is 1. The molecule has 0 saturated carbocycles. The van der Waals surface area contributed by atoms with Crippen molar-refractivity contribution >= 4 is 34.3 Å². The molecule has 0 bridgehead atoms. The van der Waals surface area contributed by atoms with Gasteiger partial charge in [-0.05, 0) is 30.2 Å². The Morgan fingerprint density at radius 3 is 2.69 bits per heavy atom. The van der Waals surface area contributed by atoms with Crippen LogP contribution in [0.15, 0.2) is 52.5 Å². The molecule has 0 radical (unpaired) electrons. The number of nitrogens with zero attached hydrogens (tertiary/aromatic N) is 3. The minimum absolute atomic E-state index is 0.0360. The SMILES string of the molecule is CCN(C(C)=O)c1nc(COC(=O)C2Cc3ccccc3CN2C(=O)c2ccco2)cs1. The highest BCUT2D eigenvalue weighted by Gasteiger charge is 2.37. The molecule has 9 heteroatoms. The first kappa shape index (κ1) is 21.8. The maximum absolute atomic E-state index is 13.0. The number of carbonyl (C=O) groups excluding carboxylic acids is 3. The number of benzene rings is 1. The first-order chi connectivity index (χ1) is 15.5. The molecule has 2 amide bonds. The molecule has 3 heterocycles. The lowest BCUT2D eigenvalue weighted by molar-refractivity contribution is -0.151. The minimum atomic E-state index is -0.773. The fraction of sp³-hybridized carbons (Fsp3) is 0.304. The van der Waals surface area contributed by atoms with Gasteiger partial charge in [-0.1, -0.05) is 24.3 Å². The van der Waals surface area contributed by atoms with Crippen LogP contribution in [0.4, 0.5) is 5.13 Å². The lowest BCUT2D eigenvalue weighted by Crippen LogP contribution is -2.49. The molecule has 1 atom stereocenters. The molecule has 2 aromatic heterocycles. The molecular formula is C23H23N3O5S. The Balaban J connectivity index is 1.50. The number of esters is 1. The van der Waals surface area contributed by atoms with Crippen molar-refractivity contribution in [3.05, 3.63) is 70.6 Å². The van der Waals surface area contributed by atoms with Gasteiger partial charge in [-0.15, -0.1) is 11.3 Å². The first-order valence-electron chi connectivity index (χ1n) is 10.3. The summed E-state index contributed by atoms with van der Waals surface area (Å²) in [6.07, 6.45) is 1.79. The van der Waals surface area contributed by atoms with Gasteiger partial charge >= 0.3 is 5.97 Å². The van der Waals surface area contributed by atoms with Crippen LogP contribution in [-0.2, 0) is 33.9 Å². The summed E-state index contributed by atoms with van der Waals surface area (Å²) in [7, 11) is 0. The van der Waals surface area contributed by atoms with Crippen LogP contribution in [0.3, 0.4) is 0 Å². The molecule has 1 aromatic carbocycles. The summed E-state index contributed by atoms with van der Waals surface area (Å²) in [6.45, 7) is 4.11. The molecule has 0 saturated heterocycles. The first-order valence-corrected chi connectivity index (χ1v) is 11.2. The van der Waals surface area contributed by atoms with Gasteiger partial charge in [-0.25, -0.2) is 9.78 Å². The van der Waals surface area contributed by atoms with Crippen molar-refractivity contribution in [3.8, 4) is 0 Å². The van der Waals surface area contributed by atoms with Crippen LogP contribution < -0.4 is 4.90 Å². The van der Waals surface area contributed by atoms with E-state index in [-0.39, 0.29) is 24.2 Å². The van der Waals surface area contributed by atoms with Crippen LogP contribution in [-0.4, -0.2) is 40.3 Å². The lowest BCUT2D eigenvalue weighted by atomic mass is 9.93. The highest BCUT2D eigenvalue weighted by atomic mass is 32.1. The standard InChI is InChI=1S/C23H23N3O5S/c1-3-25(15(2)27)23-24-18(14-32-23)13-31-22(29)19-11-16-7-4-5-8-17(16)12-26(19)21(28)20-9-6-10-30-20/h4-10,14,19H,3,11-13H2,1-2H3. The van der Waals surface area contributed by atoms with Gasteiger partial charge in [0.2, 0.25) is 5.91 Å². The van der Waals surface area contributed by atoms with Crippen molar-refractivity contribution in [2.45, 2.75) is 39.5 Å². The van der Waals surface area contributed by atoms with Crippen LogP contribution in [0.5, 0.6) is 0 Å². The normalized spacial score (nSPS) is 15.2. The van der Waals surface area contributed by atoms with Crippen LogP contribution in [0.1, 0.15) is 41.2 Å². The maximum Gasteiger partial charge on any atom is 0.329 e. The predicted molar refractivity (Wildman–Crippen MR) is 118 cm³/mol. The molecule has 1 aliphatic rings. The predicted octanol–water partition coefficient (Wildman–Crippen LogP) is 3.42. The largest absolute Gasteiger partial charge is 0.459 e. The van der Waals surface area contributed by atoms with E-state index in [2.05, 4.69) is 4.98 Å². The summed E-state index contributed by atoms with van der Waals surface area (Å²) in [4.78, 5) is 45.2. The van der Waals surface area contributed by atoms with E-state index in [9.17, 15) is 14.4 Å². The number of furan rings is 1. The zero-order valence-electron chi connectivity index (χ0n) is 17.8. The fourth-order valence-corrected chi connectivity index (χ4v) is 4.63. The third-order valence-electron chi connectivity index (χ3n) is 5.34. The summed E-state index contributed by atoms with van der Waals surface area (Å²) in [5.41, 5.74) is 2.55. The smallest absolute Gasteiger partial charge is 0.329 e. The Labute approximate surface area is 189 Å². The topological polar surface area (TPSA) is 93.0 Å². The molecular weight excluding hydrogens is 430 g/mol. The van der Waals surface area contributed by atoms with Gasteiger partial charge in [0.25, 0.3) is 5.91 Å². The molecule has 0 N–H and O–H groups in total. The molecule has 8 nitrogen and oxygen atoms in total. The minimum Gasteiger partial charge on any atom is -0.459 e. The van der Waals surface area contributed by atoms with Gasteiger partial charge in [-0.2, -0.15) is 0 Å². The van der Waals surface area contributed by atoms with E-state index in [0.29, 0.717) is 30.3 Å². The van der Waals surface area contributed by atoms with Gasteiger partial charge in [0, 0.05) is 31.8 Å². The number of thiazole rings is 1. The van der Waals surface area contributed by atoms with Crippen LogP contribution in [0, 0.1) is 0 Å². The molecule has 166 valence electrons. The number of hydrogen-bond donors (Lipinski definition) is 0. The van der Waals surface area contributed by atoms with Crippen LogP contribution in [0.25, 0.3) is 0 Å². The zero-order chi connectivity index (χ0) is 22.7. The maximum atomic E-state index is 13.0. The third-order valence-corrected chi connectivity index (χ3v) is 6.26. The van der Waals surface area contributed by atoms with Crippen molar-refractivity contribution in [3.63, 3.8) is 0 Å². The van der Waals surface area contributed by atoms with Crippen molar-refractivity contribution in [1.82, 2.24) is 9.88 Å². The van der Waals surface area contributed by atoms with E-state index in [1.807, 2.05) is 31.2 Å². The molecule has 1 aliphatic heterocycles. The van der Waals surface area contributed by atoms with E-state index in [1.54, 1.807) is 22.4 Å². The van der Waals surface area contributed by atoms with E-state index < -0.39 is 12.0 Å². The summed E-state index contributed by atoms with van der Waals surface area (Å²) < 4.78 is 10.8. The Morgan fingerprint density at radius 2 is 2.00 bits per heavy atom. The van der Waals surface area contributed by atoms with Gasteiger partial charge in [0.1, 0.15) is 12.6 Å². The molecule has 32 heavy (non-hydrogen) atoms. The zero-order valence-corrected chi connectivity index (χ0v) is 18.6. The summed E-state index contributed by atoms with van der Waals surface area (Å²) in [5, 5.41) is 2.32. The van der Waals surface area contributed by atoms with E-state index in [1.165, 1.54) is 29.4 Å². The number of hydrogen-bond acceptors (Lipinski definition) is 7. The van der Waals surface area contributed by atoms with Gasteiger partial charge in [0.05, 0.1) is 12.0 Å². The molecule has 3 aromatic rings. The molecule has 0 spiro atoms. The van der Waals surface area contributed by atoms with Crippen LogP contribution in [0.2, 0.25) is 0 Å². The molecule has 0 aliphatic carbocycles. The van der Waals surface area contributed by atoms with E-state index in [0.717, 1.165) is 11.1 Å². The second-order valence-corrected chi connectivity index (χ2v) is 8.23. The van der Waals surface area contributed by atoms with E-state index in [4.69, 9.17) is 9.15 Å². The second kappa shape index (κ2) is 9.35. The molecule has 4 rings (SSSR count). The van der Waals surface area contributed by atoms with Gasteiger partial charge < -0.3 is 14.1 Å². The van der Waals surface area contributed by atoms with Crippen molar-refractivity contribution in [1.29, 1.82) is 0 Å². The number of rotatable bonds is 6. The summed E-state index contributed by atoms with van der Waals surface area (Å²) in [5.74, 6) is -0.788. The Kier molecular flexibility index (Phi) is 6.36. The van der Waals surface area contributed by atoms with Crippen molar-refractivity contribution < 1.29 is 23.5 Å². The quantitative estimate of drug-likeness (QED) is 0.531. The molecule has 1 unspecified atom stereocenters. The third kappa shape index (κ3) is 4.43. The Morgan fingerprint density at radius 1 is 1.22 bits per heavy atom. The highest BCUT2D eigenvalue weighted by Crippen LogP contribution is 2.27. The van der Waals surface area contributed by atoms with E-state index >= 15 is 0 Å². The average molecular weight is 454 g/mol. The van der Waals surface area contributed by atoms with Gasteiger partial charge in [-0.3, -0.25) is 14.5 Å². The lowest BCUT2D eigenvalue weighted by Gasteiger charge is -2.34.